The number of hydrogen-bond acceptors (Lipinski definition) is 6. The van der Waals surface area contributed by atoms with Gasteiger partial charge < -0.3 is 19.5 Å². The molecule has 0 aliphatic carbocycles. The number of benzene rings is 1. The molecule has 27 heavy (non-hydrogen) atoms. The maximum absolute atomic E-state index is 13.0. The molecule has 1 aliphatic heterocycles. The quantitative estimate of drug-likeness (QED) is 0.706. The van der Waals surface area contributed by atoms with Gasteiger partial charge in [0.25, 0.3) is 0 Å². The van der Waals surface area contributed by atoms with Crippen molar-refractivity contribution in [2.45, 2.75) is 30.7 Å². The van der Waals surface area contributed by atoms with Crippen molar-refractivity contribution in [1.82, 2.24) is 9.62 Å². The van der Waals surface area contributed by atoms with Gasteiger partial charge in [-0.15, -0.1) is 0 Å². The van der Waals surface area contributed by atoms with E-state index in [9.17, 15) is 13.2 Å². The van der Waals surface area contributed by atoms with Gasteiger partial charge in [0, 0.05) is 32.3 Å². The summed E-state index contributed by atoms with van der Waals surface area (Å²) in [5.74, 6) is 0.275. The van der Waals surface area contributed by atoms with Crippen LogP contribution in [0.2, 0.25) is 0 Å². The normalized spacial score (nSPS) is 19.3. The molecule has 0 saturated carbocycles. The van der Waals surface area contributed by atoms with Crippen LogP contribution in [0.1, 0.15) is 19.8 Å². The zero-order valence-corrected chi connectivity index (χ0v) is 17.0. The highest BCUT2D eigenvalue weighted by Gasteiger charge is 2.34. The van der Waals surface area contributed by atoms with E-state index in [4.69, 9.17) is 14.2 Å². The Kier molecular flexibility index (Phi) is 7.46. The van der Waals surface area contributed by atoms with Crippen LogP contribution in [0.15, 0.2) is 23.1 Å². The second-order valence-corrected chi connectivity index (χ2v) is 8.52. The monoisotopic (exact) mass is 400 g/mol. The fraction of sp³-hybridized carbons (Fsp3) is 0.611. The van der Waals surface area contributed by atoms with Crippen molar-refractivity contribution in [1.29, 1.82) is 0 Å². The number of carbonyl (C=O) groups is 1. The molecule has 1 saturated heterocycles. The standard InChI is InChI=1S/C18H28N2O6S/c1-13(12-24-2)19-18(21)14-6-5-9-20(11-14)27(22,23)15-7-8-16(25-3)17(10-15)26-4/h7-8,10,13-14H,5-6,9,11-12H2,1-4H3,(H,19,21)/t13-,14-/m0/s1. The first kappa shape index (κ1) is 21.5. The minimum atomic E-state index is -3.73. The minimum Gasteiger partial charge on any atom is -0.493 e. The number of carbonyl (C=O) groups excluding carboxylic acids is 1. The lowest BCUT2D eigenvalue weighted by molar-refractivity contribution is -0.127. The molecule has 152 valence electrons. The Morgan fingerprint density at radius 2 is 1.96 bits per heavy atom. The molecule has 0 unspecified atom stereocenters. The van der Waals surface area contributed by atoms with Crippen LogP contribution >= 0.6 is 0 Å². The van der Waals surface area contributed by atoms with Gasteiger partial charge in [-0.3, -0.25) is 4.79 Å². The van der Waals surface area contributed by atoms with E-state index < -0.39 is 10.0 Å². The third kappa shape index (κ3) is 5.12. The van der Waals surface area contributed by atoms with Crippen molar-refractivity contribution < 1.29 is 27.4 Å². The van der Waals surface area contributed by atoms with Gasteiger partial charge in [0.05, 0.1) is 31.6 Å². The number of ether oxygens (including phenoxy) is 3. The first-order chi connectivity index (χ1) is 12.8. The molecule has 2 rings (SSSR count). The predicted octanol–water partition coefficient (Wildman–Crippen LogP) is 1.26. The summed E-state index contributed by atoms with van der Waals surface area (Å²) >= 11 is 0. The summed E-state index contributed by atoms with van der Waals surface area (Å²) in [7, 11) is 0.784. The molecular weight excluding hydrogens is 372 g/mol. The second-order valence-electron chi connectivity index (χ2n) is 6.58. The highest BCUT2D eigenvalue weighted by molar-refractivity contribution is 7.89. The summed E-state index contributed by atoms with van der Waals surface area (Å²) in [5, 5.41) is 2.87. The molecular formula is C18H28N2O6S. The predicted molar refractivity (Wildman–Crippen MR) is 101 cm³/mol. The topological polar surface area (TPSA) is 94.2 Å². The highest BCUT2D eigenvalue weighted by Crippen LogP contribution is 2.32. The van der Waals surface area contributed by atoms with Crippen LogP contribution in [0.3, 0.4) is 0 Å². The SMILES string of the molecule is COC[C@H](C)NC(=O)[C@H]1CCCN(S(=O)(=O)c2ccc(OC)c(OC)c2)C1. The Morgan fingerprint density at radius 1 is 1.26 bits per heavy atom. The number of hydrogen-bond donors (Lipinski definition) is 1. The van der Waals surface area contributed by atoms with Crippen LogP contribution in [0.4, 0.5) is 0 Å². The molecule has 1 heterocycles. The lowest BCUT2D eigenvalue weighted by Crippen LogP contribution is -2.47. The number of amides is 1. The van der Waals surface area contributed by atoms with Crippen LogP contribution in [0.25, 0.3) is 0 Å². The summed E-state index contributed by atoms with van der Waals surface area (Å²) < 4.78 is 42.8. The Labute approximate surface area is 160 Å². The number of nitrogens with one attached hydrogen (secondary N) is 1. The molecule has 1 N–H and O–H groups in total. The second kappa shape index (κ2) is 9.38. The number of nitrogens with zero attached hydrogens (tertiary/aromatic N) is 1. The third-order valence-electron chi connectivity index (χ3n) is 4.55. The third-order valence-corrected chi connectivity index (χ3v) is 6.41. The van der Waals surface area contributed by atoms with Crippen LogP contribution in [0, 0.1) is 5.92 Å². The number of methoxy groups -OCH3 is 3. The minimum absolute atomic E-state index is 0.119. The molecule has 8 nitrogen and oxygen atoms in total. The summed E-state index contributed by atoms with van der Waals surface area (Å²) in [6.45, 7) is 2.80. The first-order valence-electron chi connectivity index (χ1n) is 8.85. The van der Waals surface area contributed by atoms with Gasteiger partial charge in [-0.25, -0.2) is 8.42 Å². The molecule has 1 aliphatic rings. The van der Waals surface area contributed by atoms with Crippen molar-refractivity contribution >= 4 is 15.9 Å². The van der Waals surface area contributed by atoms with Crippen molar-refractivity contribution in [3.05, 3.63) is 18.2 Å². The molecule has 1 amide bonds. The van der Waals surface area contributed by atoms with Gasteiger partial charge in [-0.05, 0) is 31.9 Å². The van der Waals surface area contributed by atoms with E-state index in [2.05, 4.69) is 5.32 Å². The van der Waals surface area contributed by atoms with Gasteiger partial charge >= 0.3 is 0 Å². The zero-order valence-electron chi connectivity index (χ0n) is 16.2. The van der Waals surface area contributed by atoms with E-state index in [1.807, 2.05) is 6.92 Å². The number of piperidine rings is 1. The molecule has 0 radical (unpaired) electrons. The van der Waals surface area contributed by atoms with Crippen LogP contribution in [-0.2, 0) is 19.6 Å². The Balaban J connectivity index is 2.15. The molecule has 9 heteroatoms. The van der Waals surface area contributed by atoms with Crippen molar-refractivity contribution in [3.8, 4) is 11.5 Å². The molecule has 0 aromatic heterocycles. The van der Waals surface area contributed by atoms with Crippen molar-refractivity contribution in [3.63, 3.8) is 0 Å². The van der Waals surface area contributed by atoms with E-state index in [1.165, 1.54) is 30.7 Å². The molecule has 0 bridgehead atoms. The summed E-state index contributed by atoms with van der Waals surface area (Å²) in [4.78, 5) is 12.6. The average molecular weight is 400 g/mol. The Bertz CT molecular complexity index is 752. The van der Waals surface area contributed by atoms with Gasteiger partial charge in [-0.2, -0.15) is 4.31 Å². The highest BCUT2D eigenvalue weighted by atomic mass is 32.2. The van der Waals surface area contributed by atoms with Gasteiger partial charge in [0.15, 0.2) is 11.5 Å². The average Bonchev–Trinajstić information content (AvgIpc) is 2.67. The van der Waals surface area contributed by atoms with E-state index in [1.54, 1.807) is 13.2 Å². The van der Waals surface area contributed by atoms with Gasteiger partial charge in [-0.1, -0.05) is 0 Å². The summed E-state index contributed by atoms with van der Waals surface area (Å²) in [6.07, 6.45) is 1.28. The van der Waals surface area contributed by atoms with Gasteiger partial charge in [0.1, 0.15) is 0 Å². The molecule has 1 fully saturated rings. The van der Waals surface area contributed by atoms with E-state index in [-0.39, 0.29) is 29.3 Å². The number of rotatable bonds is 8. The van der Waals surface area contributed by atoms with Crippen molar-refractivity contribution in [2.24, 2.45) is 5.92 Å². The Hall–Kier alpha value is -1.84. The Morgan fingerprint density at radius 3 is 2.59 bits per heavy atom. The fourth-order valence-corrected chi connectivity index (χ4v) is 4.69. The van der Waals surface area contributed by atoms with Crippen LogP contribution in [0.5, 0.6) is 11.5 Å². The smallest absolute Gasteiger partial charge is 0.243 e. The maximum atomic E-state index is 13.0. The molecule has 0 spiro atoms. The zero-order chi connectivity index (χ0) is 20.0. The lowest BCUT2D eigenvalue weighted by Gasteiger charge is -2.32. The van der Waals surface area contributed by atoms with Gasteiger partial charge in [0.2, 0.25) is 15.9 Å². The van der Waals surface area contributed by atoms with E-state index in [0.29, 0.717) is 37.5 Å². The van der Waals surface area contributed by atoms with Crippen LogP contribution in [-0.4, -0.2) is 65.7 Å². The van der Waals surface area contributed by atoms with E-state index in [0.717, 1.165) is 0 Å². The summed E-state index contributed by atoms with van der Waals surface area (Å²) in [5.41, 5.74) is 0. The molecule has 1 aromatic carbocycles. The van der Waals surface area contributed by atoms with Crippen molar-refractivity contribution in [2.75, 3.05) is 41.0 Å². The molecule has 1 aromatic rings. The first-order valence-corrected chi connectivity index (χ1v) is 10.3. The molecule has 2 atom stereocenters. The fourth-order valence-electron chi connectivity index (χ4n) is 3.15. The largest absolute Gasteiger partial charge is 0.493 e. The van der Waals surface area contributed by atoms with E-state index >= 15 is 0 Å². The number of sulfonamides is 1. The maximum Gasteiger partial charge on any atom is 0.243 e. The van der Waals surface area contributed by atoms with Crippen LogP contribution < -0.4 is 14.8 Å². The summed E-state index contributed by atoms with van der Waals surface area (Å²) in [6, 6.07) is 4.37. The lowest BCUT2D eigenvalue weighted by atomic mass is 9.98.